The Labute approximate surface area is 118 Å². The number of amides is 1. The van der Waals surface area contributed by atoms with Gasteiger partial charge in [0.05, 0.1) is 18.0 Å². The summed E-state index contributed by atoms with van der Waals surface area (Å²) >= 11 is 0. The predicted octanol–water partition coefficient (Wildman–Crippen LogP) is 1.88. The third-order valence-electron chi connectivity index (χ3n) is 3.15. The van der Waals surface area contributed by atoms with E-state index in [1.807, 2.05) is 0 Å². The molecule has 0 aliphatic carbocycles. The zero-order chi connectivity index (χ0) is 14.8. The lowest BCUT2D eigenvalue weighted by atomic mass is 9.94. The smallest absolute Gasteiger partial charge is 0.303 e. The minimum absolute atomic E-state index is 0.173. The van der Waals surface area contributed by atoms with Crippen molar-refractivity contribution >= 4 is 11.9 Å². The molecule has 0 aliphatic heterocycles. The molecule has 0 spiro atoms. The summed E-state index contributed by atoms with van der Waals surface area (Å²) in [5.74, 6) is -0.599. The average molecular weight is 279 g/mol. The lowest BCUT2D eigenvalue weighted by Gasteiger charge is -2.15. The highest BCUT2D eigenvalue weighted by atomic mass is 16.4. The van der Waals surface area contributed by atoms with Gasteiger partial charge in [0.25, 0.3) is 5.91 Å². The predicted molar refractivity (Wildman–Crippen MR) is 74.3 cm³/mol. The normalized spacial score (nSPS) is 11.8. The summed E-state index contributed by atoms with van der Waals surface area (Å²) in [4.78, 5) is 22.4. The molecule has 1 atom stereocenters. The van der Waals surface area contributed by atoms with Crippen LogP contribution in [0.1, 0.15) is 49.4 Å². The summed E-state index contributed by atoms with van der Waals surface area (Å²) < 4.78 is 0. The first-order valence-electron chi connectivity index (χ1n) is 6.90. The van der Waals surface area contributed by atoms with E-state index < -0.39 is 5.97 Å². The van der Waals surface area contributed by atoms with E-state index in [1.165, 1.54) is 12.4 Å². The molecule has 1 rings (SSSR count). The van der Waals surface area contributed by atoms with E-state index in [-0.39, 0.29) is 12.3 Å². The summed E-state index contributed by atoms with van der Waals surface area (Å²) in [7, 11) is 0. The number of rotatable bonds is 9. The minimum atomic E-state index is -0.766. The Balaban J connectivity index is 2.32. The van der Waals surface area contributed by atoms with Gasteiger partial charge in [0.2, 0.25) is 0 Å². The van der Waals surface area contributed by atoms with Crippen LogP contribution in [0.5, 0.6) is 0 Å². The van der Waals surface area contributed by atoms with Crippen LogP contribution < -0.4 is 5.32 Å². The quantitative estimate of drug-likeness (QED) is 0.720. The zero-order valence-electron chi connectivity index (χ0n) is 11.7. The zero-order valence-corrected chi connectivity index (χ0v) is 11.7. The van der Waals surface area contributed by atoms with Crippen molar-refractivity contribution in [3.63, 3.8) is 0 Å². The highest BCUT2D eigenvalue weighted by Crippen LogP contribution is 2.17. The Morgan fingerprint density at radius 1 is 1.30 bits per heavy atom. The fourth-order valence-corrected chi connectivity index (χ4v) is 2.09. The first-order valence-corrected chi connectivity index (χ1v) is 6.90. The maximum atomic E-state index is 11.8. The highest BCUT2D eigenvalue weighted by Gasteiger charge is 2.11. The van der Waals surface area contributed by atoms with E-state index in [0.29, 0.717) is 24.4 Å². The number of carbonyl (C=O) groups excluding carboxylic acids is 1. The molecule has 6 heteroatoms. The highest BCUT2D eigenvalue weighted by molar-refractivity contribution is 5.93. The van der Waals surface area contributed by atoms with Crippen LogP contribution in [0.4, 0.5) is 0 Å². The number of nitrogens with one attached hydrogen (secondary N) is 1. The molecule has 20 heavy (non-hydrogen) atoms. The molecule has 6 nitrogen and oxygen atoms in total. The molecule has 0 radical (unpaired) electrons. The van der Waals surface area contributed by atoms with Crippen LogP contribution in [-0.4, -0.2) is 33.7 Å². The number of hydrogen-bond donors (Lipinski definition) is 2. The Hall–Kier alpha value is -1.98. The number of carboxylic acids is 1. The topological polar surface area (TPSA) is 92.2 Å². The summed E-state index contributed by atoms with van der Waals surface area (Å²) in [6, 6.07) is 1.61. The molecule has 1 unspecified atom stereocenters. The lowest BCUT2D eigenvalue weighted by molar-refractivity contribution is -0.137. The third-order valence-corrected chi connectivity index (χ3v) is 3.15. The number of hydrogen-bond acceptors (Lipinski definition) is 4. The van der Waals surface area contributed by atoms with Crippen LogP contribution >= 0.6 is 0 Å². The van der Waals surface area contributed by atoms with Crippen LogP contribution in [-0.2, 0) is 4.79 Å². The molecule has 0 saturated heterocycles. The summed E-state index contributed by atoms with van der Waals surface area (Å²) in [5, 5.41) is 18.8. The van der Waals surface area contributed by atoms with Gasteiger partial charge in [0.1, 0.15) is 0 Å². The van der Waals surface area contributed by atoms with Gasteiger partial charge in [0, 0.05) is 13.0 Å². The summed E-state index contributed by atoms with van der Waals surface area (Å²) in [6.45, 7) is 2.63. The van der Waals surface area contributed by atoms with Crippen molar-refractivity contribution in [2.24, 2.45) is 5.92 Å². The Morgan fingerprint density at radius 2 is 2.10 bits per heavy atom. The largest absolute Gasteiger partial charge is 0.481 e. The second kappa shape index (κ2) is 9.01. The Kier molecular flexibility index (Phi) is 7.24. The van der Waals surface area contributed by atoms with Gasteiger partial charge >= 0.3 is 5.97 Å². The van der Waals surface area contributed by atoms with Crippen molar-refractivity contribution in [3.05, 3.63) is 24.0 Å². The van der Waals surface area contributed by atoms with Crippen molar-refractivity contribution in [3.8, 4) is 0 Å². The Bertz CT molecular complexity index is 423. The standard InChI is InChI=1S/C14H21N3O3/c1-2-3-11(4-5-13(18)19)6-8-15-14(20)12-7-9-16-17-10-12/h7,9-11H,2-6,8H2,1H3,(H,15,20)(H,18,19). The van der Waals surface area contributed by atoms with Crippen LogP contribution in [0.3, 0.4) is 0 Å². The second-order valence-electron chi connectivity index (χ2n) is 4.76. The molecule has 0 bridgehead atoms. The molecule has 1 aromatic heterocycles. The molecular weight excluding hydrogens is 258 g/mol. The first kappa shape index (κ1) is 16.1. The summed E-state index contributed by atoms with van der Waals surface area (Å²) in [6.07, 6.45) is 6.55. The molecule has 1 aromatic rings. The third kappa shape index (κ3) is 6.26. The number of aromatic nitrogens is 2. The molecule has 1 heterocycles. The van der Waals surface area contributed by atoms with E-state index in [4.69, 9.17) is 5.11 Å². The Morgan fingerprint density at radius 3 is 2.70 bits per heavy atom. The van der Waals surface area contributed by atoms with Crippen LogP contribution in [0.2, 0.25) is 0 Å². The van der Waals surface area contributed by atoms with E-state index in [1.54, 1.807) is 6.07 Å². The van der Waals surface area contributed by atoms with E-state index in [2.05, 4.69) is 22.4 Å². The van der Waals surface area contributed by atoms with Crippen molar-refractivity contribution in [2.75, 3.05) is 6.54 Å². The van der Waals surface area contributed by atoms with Gasteiger partial charge in [-0.1, -0.05) is 19.8 Å². The number of carboxylic acid groups (broad SMARTS) is 1. The molecular formula is C14H21N3O3. The summed E-state index contributed by atoms with van der Waals surface area (Å²) in [5.41, 5.74) is 0.484. The van der Waals surface area contributed by atoms with Gasteiger partial charge < -0.3 is 10.4 Å². The second-order valence-corrected chi connectivity index (χ2v) is 4.76. The molecule has 0 aromatic carbocycles. The van der Waals surface area contributed by atoms with Crippen molar-refractivity contribution in [1.82, 2.24) is 15.5 Å². The number of aliphatic carboxylic acids is 1. The van der Waals surface area contributed by atoms with Gasteiger partial charge in [-0.15, -0.1) is 0 Å². The van der Waals surface area contributed by atoms with Gasteiger partial charge in [-0.3, -0.25) is 9.59 Å². The van der Waals surface area contributed by atoms with Crippen molar-refractivity contribution < 1.29 is 14.7 Å². The number of carbonyl (C=O) groups is 2. The van der Waals surface area contributed by atoms with Gasteiger partial charge in [-0.2, -0.15) is 10.2 Å². The SMILES string of the molecule is CCCC(CCNC(=O)c1ccnnc1)CCC(=O)O. The maximum absolute atomic E-state index is 11.8. The lowest BCUT2D eigenvalue weighted by Crippen LogP contribution is -2.26. The fourth-order valence-electron chi connectivity index (χ4n) is 2.09. The average Bonchev–Trinajstić information content (AvgIpc) is 2.45. The van der Waals surface area contributed by atoms with Crippen LogP contribution in [0, 0.1) is 5.92 Å². The maximum Gasteiger partial charge on any atom is 0.303 e. The number of nitrogens with zero attached hydrogens (tertiary/aromatic N) is 2. The monoisotopic (exact) mass is 279 g/mol. The minimum Gasteiger partial charge on any atom is -0.481 e. The molecule has 0 aliphatic rings. The van der Waals surface area contributed by atoms with E-state index in [9.17, 15) is 9.59 Å². The van der Waals surface area contributed by atoms with E-state index in [0.717, 1.165) is 19.3 Å². The van der Waals surface area contributed by atoms with Crippen molar-refractivity contribution in [1.29, 1.82) is 0 Å². The fraction of sp³-hybridized carbons (Fsp3) is 0.571. The first-order chi connectivity index (χ1) is 9.63. The van der Waals surface area contributed by atoms with Crippen molar-refractivity contribution in [2.45, 2.75) is 39.0 Å². The van der Waals surface area contributed by atoms with Gasteiger partial charge in [0.15, 0.2) is 0 Å². The molecule has 0 saturated carbocycles. The molecule has 110 valence electrons. The molecule has 2 N–H and O–H groups in total. The van der Waals surface area contributed by atoms with E-state index >= 15 is 0 Å². The van der Waals surface area contributed by atoms with Crippen LogP contribution in [0.15, 0.2) is 18.5 Å². The molecule has 0 fully saturated rings. The van der Waals surface area contributed by atoms with Crippen LogP contribution in [0.25, 0.3) is 0 Å². The van der Waals surface area contributed by atoms with Gasteiger partial charge in [-0.25, -0.2) is 0 Å². The molecule has 1 amide bonds. The van der Waals surface area contributed by atoms with Gasteiger partial charge in [-0.05, 0) is 24.8 Å².